The largest absolute Gasteiger partial charge is 0.0622 e. The monoisotopic (exact) mass is 406 g/mol. The van der Waals surface area contributed by atoms with E-state index in [2.05, 4.69) is 133 Å². The van der Waals surface area contributed by atoms with E-state index in [9.17, 15) is 0 Å². The third kappa shape index (κ3) is 3.36. The smallest absolute Gasteiger partial charge is 0.00992 e. The third-order valence-electron chi connectivity index (χ3n) is 6.23. The van der Waals surface area contributed by atoms with Crippen molar-refractivity contribution in [2.75, 3.05) is 0 Å². The van der Waals surface area contributed by atoms with Crippen LogP contribution in [0.1, 0.15) is 0 Å². The van der Waals surface area contributed by atoms with Gasteiger partial charge >= 0.3 is 0 Å². The summed E-state index contributed by atoms with van der Waals surface area (Å²) in [6, 6.07) is 48.1. The summed E-state index contributed by atoms with van der Waals surface area (Å²) < 4.78 is 0. The number of hydrogen-bond donors (Lipinski definition) is 0. The van der Waals surface area contributed by atoms with E-state index in [1.807, 2.05) is 0 Å². The molecule has 0 fully saturated rings. The molecule has 0 bridgehead atoms. The van der Waals surface area contributed by atoms with Crippen LogP contribution in [0.4, 0.5) is 0 Å². The van der Waals surface area contributed by atoms with Crippen LogP contribution in [0.5, 0.6) is 0 Å². The molecule has 0 nitrogen and oxygen atoms in total. The fourth-order valence-electron chi connectivity index (χ4n) is 4.57. The lowest BCUT2D eigenvalue weighted by Gasteiger charge is -2.12. The maximum absolute atomic E-state index is 2.34. The standard InChI is InChI=1S/C32H22/c1-3-9-23(10-4-1)28-19-29(24-11-5-2-6-12-24)21-30(20-28)27-18-17-26-16-15-25-13-7-8-14-31(25)32(26)22-27/h1-22H. The predicted octanol–water partition coefficient (Wildman–Crippen LogP) is 8.99. The maximum atomic E-state index is 2.34. The van der Waals surface area contributed by atoms with E-state index in [0.29, 0.717) is 0 Å². The molecule has 0 amide bonds. The predicted molar refractivity (Wildman–Crippen MR) is 138 cm³/mol. The molecule has 0 saturated heterocycles. The quantitative estimate of drug-likeness (QED) is 0.257. The van der Waals surface area contributed by atoms with E-state index in [-0.39, 0.29) is 0 Å². The first-order chi connectivity index (χ1) is 15.8. The highest BCUT2D eigenvalue weighted by atomic mass is 14.1. The summed E-state index contributed by atoms with van der Waals surface area (Å²) in [5.74, 6) is 0. The second-order valence-corrected chi connectivity index (χ2v) is 8.25. The van der Waals surface area contributed by atoms with E-state index in [1.165, 1.54) is 54.9 Å². The lowest BCUT2D eigenvalue weighted by molar-refractivity contribution is 1.57. The summed E-state index contributed by atoms with van der Waals surface area (Å²) in [6.07, 6.45) is 0. The molecule has 0 heterocycles. The molecule has 0 spiro atoms. The number of fused-ring (bicyclic) bond motifs is 3. The highest BCUT2D eigenvalue weighted by Gasteiger charge is 2.09. The molecule has 0 aliphatic heterocycles. The van der Waals surface area contributed by atoms with Crippen molar-refractivity contribution in [1.29, 1.82) is 0 Å². The highest BCUT2D eigenvalue weighted by molar-refractivity contribution is 6.08. The van der Waals surface area contributed by atoms with E-state index in [4.69, 9.17) is 0 Å². The average Bonchev–Trinajstić information content (AvgIpc) is 2.89. The molecule has 0 heteroatoms. The van der Waals surface area contributed by atoms with Gasteiger partial charge in [-0.1, -0.05) is 109 Å². The molecule has 0 aliphatic carbocycles. The average molecular weight is 407 g/mol. The Bertz CT molecular complexity index is 1490. The zero-order valence-corrected chi connectivity index (χ0v) is 17.7. The van der Waals surface area contributed by atoms with Crippen LogP contribution in [0.25, 0.3) is 54.9 Å². The minimum absolute atomic E-state index is 1.23. The summed E-state index contributed by atoms with van der Waals surface area (Å²) in [5, 5.41) is 5.15. The van der Waals surface area contributed by atoms with Gasteiger partial charge in [-0.15, -0.1) is 0 Å². The van der Waals surface area contributed by atoms with Crippen LogP contribution < -0.4 is 0 Å². The molecule has 0 saturated carbocycles. The summed E-state index contributed by atoms with van der Waals surface area (Å²) >= 11 is 0. The Labute approximate surface area is 188 Å². The van der Waals surface area contributed by atoms with Gasteiger partial charge in [0, 0.05) is 0 Å². The fourth-order valence-corrected chi connectivity index (χ4v) is 4.57. The van der Waals surface area contributed by atoms with Crippen LogP contribution in [0, 0.1) is 0 Å². The highest BCUT2D eigenvalue weighted by Crippen LogP contribution is 2.35. The molecule has 0 unspecified atom stereocenters. The van der Waals surface area contributed by atoms with Crippen LogP contribution in [0.15, 0.2) is 133 Å². The summed E-state index contributed by atoms with van der Waals surface area (Å²) in [7, 11) is 0. The second-order valence-electron chi connectivity index (χ2n) is 8.25. The molecule has 0 atom stereocenters. The zero-order valence-electron chi connectivity index (χ0n) is 17.7. The summed E-state index contributed by atoms with van der Waals surface area (Å²) in [6.45, 7) is 0. The normalized spacial score (nSPS) is 11.1. The van der Waals surface area contributed by atoms with Gasteiger partial charge in [-0.2, -0.15) is 0 Å². The molecule has 6 aromatic rings. The first kappa shape index (κ1) is 18.6. The van der Waals surface area contributed by atoms with E-state index < -0.39 is 0 Å². The van der Waals surface area contributed by atoms with Crippen LogP contribution in [0.2, 0.25) is 0 Å². The lowest BCUT2D eigenvalue weighted by Crippen LogP contribution is -1.87. The van der Waals surface area contributed by atoms with Crippen LogP contribution >= 0.6 is 0 Å². The van der Waals surface area contributed by atoms with Gasteiger partial charge in [0.05, 0.1) is 0 Å². The van der Waals surface area contributed by atoms with Gasteiger partial charge < -0.3 is 0 Å². The molecule has 32 heavy (non-hydrogen) atoms. The van der Waals surface area contributed by atoms with Crippen molar-refractivity contribution in [3.8, 4) is 33.4 Å². The Balaban J connectivity index is 1.59. The second kappa shape index (κ2) is 7.83. The number of rotatable bonds is 3. The van der Waals surface area contributed by atoms with Crippen LogP contribution in [-0.4, -0.2) is 0 Å². The van der Waals surface area contributed by atoms with Crippen molar-refractivity contribution in [3.63, 3.8) is 0 Å². The van der Waals surface area contributed by atoms with Crippen molar-refractivity contribution in [2.45, 2.75) is 0 Å². The minimum Gasteiger partial charge on any atom is -0.0622 e. The number of benzene rings is 6. The van der Waals surface area contributed by atoms with Gasteiger partial charge in [0.1, 0.15) is 0 Å². The van der Waals surface area contributed by atoms with Crippen molar-refractivity contribution in [2.24, 2.45) is 0 Å². The van der Waals surface area contributed by atoms with Gasteiger partial charge in [0.2, 0.25) is 0 Å². The lowest BCUT2D eigenvalue weighted by atomic mass is 9.92. The molecular weight excluding hydrogens is 384 g/mol. The summed E-state index contributed by atoms with van der Waals surface area (Å²) in [4.78, 5) is 0. The Kier molecular flexibility index (Phi) is 4.55. The molecule has 0 radical (unpaired) electrons. The van der Waals surface area contributed by atoms with Crippen molar-refractivity contribution in [1.82, 2.24) is 0 Å². The topological polar surface area (TPSA) is 0 Å². The molecule has 0 N–H and O–H groups in total. The van der Waals surface area contributed by atoms with Crippen molar-refractivity contribution in [3.05, 3.63) is 133 Å². The molecule has 6 aromatic carbocycles. The Morgan fingerprint density at radius 2 is 0.719 bits per heavy atom. The Morgan fingerprint density at radius 3 is 1.34 bits per heavy atom. The molecular formula is C32H22. The molecule has 0 aliphatic rings. The van der Waals surface area contributed by atoms with Crippen molar-refractivity contribution < 1.29 is 0 Å². The SMILES string of the molecule is c1ccc(-c2cc(-c3ccccc3)cc(-c3ccc4ccc5ccccc5c4c3)c2)cc1. The van der Waals surface area contributed by atoms with E-state index in [1.54, 1.807) is 0 Å². The minimum atomic E-state index is 1.23. The van der Waals surface area contributed by atoms with Gasteiger partial charge in [-0.05, 0) is 79.2 Å². The molecule has 0 aromatic heterocycles. The van der Waals surface area contributed by atoms with Gasteiger partial charge in [-0.3, -0.25) is 0 Å². The number of hydrogen-bond acceptors (Lipinski definition) is 0. The Morgan fingerprint density at radius 1 is 0.250 bits per heavy atom. The van der Waals surface area contributed by atoms with Gasteiger partial charge in [0.15, 0.2) is 0 Å². The molecule has 6 rings (SSSR count). The van der Waals surface area contributed by atoms with Crippen LogP contribution in [0.3, 0.4) is 0 Å². The fraction of sp³-hybridized carbons (Fsp3) is 0. The van der Waals surface area contributed by atoms with E-state index in [0.717, 1.165) is 0 Å². The van der Waals surface area contributed by atoms with Gasteiger partial charge in [-0.25, -0.2) is 0 Å². The van der Waals surface area contributed by atoms with Crippen molar-refractivity contribution >= 4 is 21.5 Å². The van der Waals surface area contributed by atoms with Gasteiger partial charge in [0.25, 0.3) is 0 Å². The van der Waals surface area contributed by atoms with Crippen LogP contribution in [-0.2, 0) is 0 Å². The van der Waals surface area contributed by atoms with E-state index >= 15 is 0 Å². The first-order valence-corrected chi connectivity index (χ1v) is 11.0. The molecule has 150 valence electrons. The first-order valence-electron chi connectivity index (χ1n) is 11.0. The zero-order chi connectivity index (χ0) is 21.3. The maximum Gasteiger partial charge on any atom is -0.00992 e. The third-order valence-corrected chi connectivity index (χ3v) is 6.23. The summed E-state index contributed by atoms with van der Waals surface area (Å²) in [5.41, 5.74) is 7.42. The Hall–Kier alpha value is -4.16.